The molecule has 1 aromatic rings. The predicted octanol–water partition coefficient (Wildman–Crippen LogP) is 4.25. The average molecular weight is 209 g/mol. The quantitative estimate of drug-likeness (QED) is 0.652. The van der Waals surface area contributed by atoms with Crippen LogP contribution in [0.15, 0.2) is 18.2 Å². The van der Waals surface area contributed by atoms with Crippen LogP contribution in [0.3, 0.4) is 0 Å². The molecule has 0 N–H and O–H groups in total. The highest BCUT2D eigenvalue weighted by Crippen LogP contribution is 2.17. The fraction of sp³-hybridized carbons (Fsp3) is 0.385. The lowest BCUT2D eigenvalue weighted by Gasteiger charge is -2.06. The molecule has 0 unspecified atom stereocenters. The van der Waals surface area contributed by atoms with E-state index in [-0.39, 0.29) is 0 Å². The summed E-state index contributed by atoms with van der Waals surface area (Å²) in [7, 11) is 0. The van der Waals surface area contributed by atoms with Gasteiger partial charge in [0.1, 0.15) is 0 Å². The van der Waals surface area contributed by atoms with Gasteiger partial charge in [-0.1, -0.05) is 29.8 Å². The Morgan fingerprint density at radius 2 is 1.71 bits per heavy atom. The molecule has 0 spiro atoms. The molecule has 0 aliphatic rings. The van der Waals surface area contributed by atoms with Gasteiger partial charge < -0.3 is 0 Å². The van der Waals surface area contributed by atoms with E-state index in [9.17, 15) is 0 Å². The van der Waals surface area contributed by atoms with Crippen molar-refractivity contribution >= 4 is 17.7 Å². The highest BCUT2D eigenvalue weighted by Gasteiger charge is 1.99. The molecule has 0 aliphatic heterocycles. The summed E-state index contributed by atoms with van der Waals surface area (Å²) >= 11 is 5.62. The Morgan fingerprint density at radius 3 is 2.21 bits per heavy atom. The molecule has 0 nitrogen and oxygen atoms in total. The van der Waals surface area contributed by atoms with E-state index < -0.39 is 0 Å². The molecule has 0 fully saturated rings. The van der Waals surface area contributed by atoms with Crippen molar-refractivity contribution in [2.24, 2.45) is 0 Å². The number of hydrogen-bond acceptors (Lipinski definition) is 0. The first-order valence-electron chi connectivity index (χ1n) is 4.95. The number of alkyl halides is 1. The Balaban J connectivity index is 2.96. The fourth-order valence-corrected chi connectivity index (χ4v) is 1.84. The number of hydrogen-bond donors (Lipinski definition) is 0. The van der Waals surface area contributed by atoms with E-state index in [1.54, 1.807) is 0 Å². The molecule has 0 aromatic heterocycles. The number of aryl methyl sites for hydroxylation is 3. The topological polar surface area (TPSA) is 0 Å². The van der Waals surface area contributed by atoms with Crippen LogP contribution in [-0.4, -0.2) is 5.88 Å². The normalized spacial score (nSPS) is 11.1. The number of rotatable bonds is 3. The van der Waals surface area contributed by atoms with Crippen LogP contribution in [0.25, 0.3) is 6.08 Å². The van der Waals surface area contributed by atoms with Crippen molar-refractivity contribution in [1.29, 1.82) is 0 Å². The maximum absolute atomic E-state index is 5.62. The molecule has 0 atom stereocenters. The molecular weight excluding hydrogens is 192 g/mol. The van der Waals surface area contributed by atoms with Gasteiger partial charge in [0.05, 0.1) is 0 Å². The van der Waals surface area contributed by atoms with E-state index >= 15 is 0 Å². The van der Waals surface area contributed by atoms with Gasteiger partial charge in [-0.3, -0.25) is 0 Å². The summed E-state index contributed by atoms with van der Waals surface area (Å²) < 4.78 is 0. The van der Waals surface area contributed by atoms with E-state index in [2.05, 4.69) is 45.1 Å². The van der Waals surface area contributed by atoms with Crippen LogP contribution < -0.4 is 0 Å². The van der Waals surface area contributed by atoms with Crippen LogP contribution in [-0.2, 0) is 0 Å². The minimum absolute atomic E-state index is 0.695. The summed E-state index contributed by atoms with van der Waals surface area (Å²) in [6.07, 6.45) is 5.25. The fourth-order valence-electron chi connectivity index (χ4n) is 1.72. The van der Waals surface area contributed by atoms with Crippen LogP contribution in [0.5, 0.6) is 0 Å². The Labute approximate surface area is 91.6 Å². The zero-order chi connectivity index (χ0) is 10.6. The maximum atomic E-state index is 5.62. The summed E-state index contributed by atoms with van der Waals surface area (Å²) in [5.74, 6) is 0.695. The first-order valence-corrected chi connectivity index (χ1v) is 5.49. The summed E-state index contributed by atoms with van der Waals surface area (Å²) in [6, 6.07) is 4.43. The third-order valence-corrected chi connectivity index (χ3v) is 2.52. The van der Waals surface area contributed by atoms with Crippen molar-refractivity contribution in [3.63, 3.8) is 0 Å². The van der Waals surface area contributed by atoms with E-state index in [4.69, 9.17) is 11.6 Å². The third-order valence-electron chi connectivity index (χ3n) is 2.30. The van der Waals surface area contributed by atoms with E-state index in [1.807, 2.05) is 0 Å². The summed E-state index contributed by atoms with van der Waals surface area (Å²) in [5.41, 5.74) is 5.34. The molecule has 14 heavy (non-hydrogen) atoms. The van der Waals surface area contributed by atoms with E-state index in [0.29, 0.717) is 5.88 Å². The number of benzene rings is 1. The van der Waals surface area contributed by atoms with Gasteiger partial charge in [0.15, 0.2) is 0 Å². The first kappa shape index (κ1) is 11.3. The van der Waals surface area contributed by atoms with Crippen molar-refractivity contribution in [3.8, 4) is 0 Å². The third kappa shape index (κ3) is 2.88. The summed E-state index contributed by atoms with van der Waals surface area (Å²) in [4.78, 5) is 0. The molecule has 0 bridgehead atoms. The van der Waals surface area contributed by atoms with Crippen molar-refractivity contribution < 1.29 is 0 Å². The molecule has 0 saturated carbocycles. The van der Waals surface area contributed by atoms with Gasteiger partial charge in [-0.05, 0) is 43.9 Å². The Hall–Kier alpha value is -0.750. The van der Waals surface area contributed by atoms with Crippen molar-refractivity contribution in [2.75, 3.05) is 5.88 Å². The van der Waals surface area contributed by atoms with Crippen LogP contribution in [0.2, 0.25) is 0 Å². The molecule has 0 saturated heterocycles. The van der Waals surface area contributed by atoms with Crippen LogP contribution in [0.1, 0.15) is 28.7 Å². The van der Waals surface area contributed by atoms with E-state index in [0.717, 1.165) is 6.42 Å². The lowest BCUT2D eigenvalue weighted by atomic mass is 9.99. The SMILES string of the molecule is Cc1cc(C)c(/C=C/CCCl)c(C)c1. The highest BCUT2D eigenvalue weighted by molar-refractivity contribution is 6.17. The molecule has 1 aromatic carbocycles. The Bertz CT molecular complexity index is 314. The van der Waals surface area contributed by atoms with Gasteiger partial charge >= 0.3 is 0 Å². The van der Waals surface area contributed by atoms with Gasteiger partial charge in [0.25, 0.3) is 0 Å². The molecule has 0 heterocycles. The molecule has 0 amide bonds. The predicted molar refractivity (Wildman–Crippen MR) is 65.0 cm³/mol. The Kier molecular flexibility index (Phi) is 4.21. The molecule has 1 heteroatoms. The lowest BCUT2D eigenvalue weighted by molar-refractivity contribution is 1.24. The van der Waals surface area contributed by atoms with Gasteiger partial charge in [-0.15, -0.1) is 11.6 Å². The first-order chi connectivity index (χ1) is 6.65. The standard InChI is InChI=1S/C13H17Cl/c1-10-8-11(2)13(12(3)9-10)6-4-5-7-14/h4,6,8-9H,5,7H2,1-3H3/b6-4+. The average Bonchev–Trinajstić information content (AvgIpc) is 2.09. The minimum Gasteiger partial charge on any atom is -0.126 e. The number of allylic oxidation sites excluding steroid dienone is 1. The number of halogens is 1. The molecule has 0 aliphatic carbocycles. The maximum Gasteiger partial charge on any atom is 0.0258 e. The van der Waals surface area contributed by atoms with Crippen LogP contribution in [0.4, 0.5) is 0 Å². The van der Waals surface area contributed by atoms with Crippen molar-refractivity contribution in [2.45, 2.75) is 27.2 Å². The van der Waals surface area contributed by atoms with Crippen LogP contribution >= 0.6 is 11.6 Å². The minimum atomic E-state index is 0.695. The lowest BCUT2D eigenvalue weighted by Crippen LogP contribution is -1.88. The zero-order valence-electron chi connectivity index (χ0n) is 9.10. The Morgan fingerprint density at radius 1 is 1.14 bits per heavy atom. The molecule has 76 valence electrons. The van der Waals surface area contributed by atoms with Crippen LogP contribution in [0, 0.1) is 20.8 Å². The van der Waals surface area contributed by atoms with Gasteiger partial charge in [-0.2, -0.15) is 0 Å². The molecular formula is C13H17Cl. The van der Waals surface area contributed by atoms with Gasteiger partial charge in [-0.25, -0.2) is 0 Å². The second-order valence-electron chi connectivity index (χ2n) is 3.69. The molecule has 0 radical (unpaired) electrons. The van der Waals surface area contributed by atoms with E-state index in [1.165, 1.54) is 22.3 Å². The zero-order valence-corrected chi connectivity index (χ0v) is 9.86. The second-order valence-corrected chi connectivity index (χ2v) is 4.07. The summed E-state index contributed by atoms with van der Waals surface area (Å²) in [6.45, 7) is 6.44. The summed E-state index contributed by atoms with van der Waals surface area (Å²) in [5, 5.41) is 0. The van der Waals surface area contributed by atoms with Crippen molar-refractivity contribution in [1.82, 2.24) is 0 Å². The molecule has 1 rings (SSSR count). The van der Waals surface area contributed by atoms with Crippen molar-refractivity contribution in [3.05, 3.63) is 40.5 Å². The van der Waals surface area contributed by atoms with Gasteiger partial charge in [0.2, 0.25) is 0 Å². The van der Waals surface area contributed by atoms with Gasteiger partial charge in [0, 0.05) is 5.88 Å². The highest BCUT2D eigenvalue weighted by atomic mass is 35.5. The smallest absolute Gasteiger partial charge is 0.0258 e. The largest absolute Gasteiger partial charge is 0.126 e. The second kappa shape index (κ2) is 5.21. The monoisotopic (exact) mass is 208 g/mol.